The molecule has 1 aromatic heterocycles. The van der Waals surface area contributed by atoms with E-state index in [9.17, 15) is 9.90 Å². The molecule has 0 aliphatic carbocycles. The fraction of sp³-hybridized carbons (Fsp3) is 0.733. The minimum absolute atomic E-state index is 0.0251. The van der Waals surface area contributed by atoms with Crippen LogP contribution in [0, 0.1) is 18.8 Å². The normalized spacial score (nSPS) is 22.3. The maximum absolute atomic E-state index is 12.7. The van der Waals surface area contributed by atoms with Gasteiger partial charge < -0.3 is 14.9 Å². The van der Waals surface area contributed by atoms with Gasteiger partial charge in [-0.15, -0.1) is 0 Å². The SMILES string of the molecule is CCn1nc(C)cc1C(=O)N1C[C@@H](CN(C)C)[C@@H](CO)C1. The van der Waals surface area contributed by atoms with E-state index in [1.807, 2.05) is 38.9 Å². The highest BCUT2D eigenvalue weighted by Crippen LogP contribution is 2.25. The van der Waals surface area contributed by atoms with E-state index in [1.165, 1.54) is 0 Å². The van der Waals surface area contributed by atoms with Crippen molar-refractivity contribution in [3.63, 3.8) is 0 Å². The smallest absolute Gasteiger partial charge is 0.272 e. The number of hydrogen-bond acceptors (Lipinski definition) is 4. The molecule has 0 saturated carbocycles. The molecule has 118 valence electrons. The number of aryl methyl sites for hydroxylation is 2. The maximum Gasteiger partial charge on any atom is 0.272 e. The number of aliphatic hydroxyl groups excluding tert-OH is 1. The fourth-order valence-corrected chi connectivity index (χ4v) is 3.11. The van der Waals surface area contributed by atoms with Gasteiger partial charge in [0, 0.05) is 38.7 Å². The first kappa shape index (κ1) is 16.0. The third-order valence-corrected chi connectivity index (χ3v) is 4.12. The standard InChI is InChI=1S/C15H26N4O2/c1-5-19-14(6-11(2)16-19)15(21)18-8-12(7-17(3)4)13(9-18)10-20/h6,12-13,20H,5,7-10H2,1-4H3/t12-,13-/m1/s1. The summed E-state index contributed by atoms with van der Waals surface area (Å²) in [5, 5.41) is 13.9. The number of likely N-dealkylation sites (tertiary alicyclic amines) is 1. The van der Waals surface area contributed by atoms with E-state index < -0.39 is 0 Å². The third-order valence-electron chi connectivity index (χ3n) is 4.12. The molecule has 0 bridgehead atoms. The van der Waals surface area contributed by atoms with Gasteiger partial charge in [-0.05, 0) is 39.9 Å². The lowest BCUT2D eigenvalue weighted by Gasteiger charge is -2.20. The molecule has 6 heteroatoms. The van der Waals surface area contributed by atoms with Crippen LogP contribution < -0.4 is 0 Å². The van der Waals surface area contributed by atoms with Gasteiger partial charge in [0.2, 0.25) is 0 Å². The Bertz CT molecular complexity index is 498. The van der Waals surface area contributed by atoms with Crippen molar-refractivity contribution in [3.05, 3.63) is 17.5 Å². The molecule has 1 N–H and O–H groups in total. The highest BCUT2D eigenvalue weighted by molar-refractivity contribution is 5.93. The Labute approximate surface area is 126 Å². The topological polar surface area (TPSA) is 61.6 Å². The number of rotatable bonds is 5. The Kier molecular flexibility index (Phi) is 5.00. The number of carbonyl (C=O) groups excluding carboxylic acids is 1. The molecule has 2 rings (SSSR count). The highest BCUT2D eigenvalue weighted by Gasteiger charge is 2.36. The molecule has 2 heterocycles. The third kappa shape index (κ3) is 3.44. The van der Waals surface area contributed by atoms with Crippen LogP contribution in [0.2, 0.25) is 0 Å². The molecule has 2 atom stereocenters. The fourth-order valence-electron chi connectivity index (χ4n) is 3.11. The van der Waals surface area contributed by atoms with Crippen molar-refractivity contribution in [2.24, 2.45) is 11.8 Å². The average molecular weight is 294 g/mol. The first-order chi connectivity index (χ1) is 9.96. The van der Waals surface area contributed by atoms with Gasteiger partial charge in [-0.2, -0.15) is 5.10 Å². The molecule has 1 amide bonds. The molecule has 1 aliphatic rings. The van der Waals surface area contributed by atoms with Crippen molar-refractivity contribution in [3.8, 4) is 0 Å². The quantitative estimate of drug-likeness (QED) is 0.857. The van der Waals surface area contributed by atoms with Crippen LogP contribution in [-0.2, 0) is 6.54 Å². The summed E-state index contributed by atoms with van der Waals surface area (Å²) in [7, 11) is 4.04. The zero-order valence-corrected chi connectivity index (χ0v) is 13.4. The van der Waals surface area contributed by atoms with Gasteiger partial charge in [-0.3, -0.25) is 9.48 Å². The molecule has 1 fully saturated rings. The summed E-state index contributed by atoms with van der Waals surface area (Å²) < 4.78 is 1.75. The monoisotopic (exact) mass is 294 g/mol. The summed E-state index contributed by atoms with van der Waals surface area (Å²) in [6.45, 7) is 6.93. The van der Waals surface area contributed by atoms with Gasteiger partial charge >= 0.3 is 0 Å². The zero-order valence-electron chi connectivity index (χ0n) is 13.4. The number of nitrogens with zero attached hydrogens (tertiary/aromatic N) is 4. The molecular weight excluding hydrogens is 268 g/mol. The summed E-state index contributed by atoms with van der Waals surface area (Å²) in [6, 6.07) is 1.85. The molecule has 1 aromatic rings. The second-order valence-electron chi connectivity index (χ2n) is 6.16. The van der Waals surface area contributed by atoms with Gasteiger partial charge in [-0.25, -0.2) is 0 Å². The van der Waals surface area contributed by atoms with E-state index in [1.54, 1.807) is 4.68 Å². The summed E-state index contributed by atoms with van der Waals surface area (Å²) in [6.07, 6.45) is 0. The van der Waals surface area contributed by atoms with Gasteiger partial charge in [0.15, 0.2) is 0 Å². The second-order valence-corrected chi connectivity index (χ2v) is 6.16. The Balaban J connectivity index is 2.13. The lowest BCUT2D eigenvalue weighted by Crippen LogP contribution is -2.32. The zero-order chi connectivity index (χ0) is 15.6. The summed E-state index contributed by atoms with van der Waals surface area (Å²) >= 11 is 0. The van der Waals surface area contributed by atoms with E-state index in [2.05, 4.69) is 10.00 Å². The van der Waals surface area contributed by atoms with Crippen molar-refractivity contribution >= 4 is 5.91 Å². The molecule has 0 unspecified atom stereocenters. The second kappa shape index (κ2) is 6.58. The number of carbonyl (C=O) groups is 1. The Morgan fingerprint density at radius 2 is 2.10 bits per heavy atom. The molecule has 21 heavy (non-hydrogen) atoms. The van der Waals surface area contributed by atoms with Crippen LogP contribution >= 0.6 is 0 Å². The van der Waals surface area contributed by atoms with Gasteiger partial charge in [0.1, 0.15) is 5.69 Å². The van der Waals surface area contributed by atoms with Crippen molar-refractivity contribution in [1.29, 1.82) is 0 Å². The first-order valence-electron chi connectivity index (χ1n) is 7.55. The predicted octanol–water partition coefficient (Wildman–Crippen LogP) is 0.454. The van der Waals surface area contributed by atoms with Crippen molar-refractivity contribution < 1.29 is 9.90 Å². The van der Waals surface area contributed by atoms with Crippen LogP contribution in [0.15, 0.2) is 6.07 Å². The molecule has 6 nitrogen and oxygen atoms in total. The number of hydrogen-bond donors (Lipinski definition) is 1. The molecule has 1 aliphatic heterocycles. The van der Waals surface area contributed by atoms with E-state index in [4.69, 9.17) is 0 Å². The van der Waals surface area contributed by atoms with Crippen LogP contribution in [0.4, 0.5) is 0 Å². The van der Waals surface area contributed by atoms with E-state index in [0.717, 1.165) is 12.2 Å². The van der Waals surface area contributed by atoms with Gasteiger partial charge in [0.05, 0.1) is 5.69 Å². The number of aliphatic hydroxyl groups is 1. The van der Waals surface area contributed by atoms with Gasteiger partial charge in [-0.1, -0.05) is 0 Å². The van der Waals surface area contributed by atoms with Crippen LogP contribution in [0.5, 0.6) is 0 Å². The Morgan fingerprint density at radius 3 is 2.67 bits per heavy atom. The van der Waals surface area contributed by atoms with Crippen LogP contribution in [0.3, 0.4) is 0 Å². The van der Waals surface area contributed by atoms with Crippen LogP contribution in [-0.4, -0.2) is 70.9 Å². The van der Waals surface area contributed by atoms with E-state index in [0.29, 0.717) is 31.2 Å². The minimum Gasteiger partial charge on any atom is -0.396 e. The molecular formula is C15H26N4O2. The lowest BCUT2D eigenvalue weighted by atomic mass is 9.97. The minimum atomic E-state index is 0.0251. The first-order valence-corrected chi connectivity index (χ1v) is 7.55. The Morgan fingerprint density at radius 1 is 1.43 bits per heavy atom. The largest absolute Gasteiger partial charge is 0.396 e. The van der Waals surface area contributed by atoms with Crippen LogP contribution in [0.25, 0.3) is 0 Å². The van der Waals surface area contributed by atoms with Crippen molar-refractivity contribution in [1.82, 2.24) is 19.6 Å². The summed E-state index contributed by atoms with van der Waals surface area (Å²) in [4.78, 5) is 16.7. The number of aromatic nitrogens is 2. The van der Waals surface area contributed by atoms with Gasteiger partial charge in [0.25, 0.3) is 5.91 Å². The van der Waals surface area contributed by atoms with E-state index >= 15 is 0 Å². The molecule has 0 aromatic carbocycles. The summed E-state index contributed by atoms with van der Waals surface area (Å²) in [5.74, 6) is 0.514. The molecule has 1 saturated heterocycles. The van der Waals surface area contributed by atoms with Crippen LogP contribution in [0.1, 0.15) is 23.1 Å². The highest BCUT2D eigenvalue weighted by atomic mass is 16.3. The molecule has 0 radical (unpaired) electrons. The van der Waals surface area contributed by atoms with Crippen molar-refractivity contribution in [2.75, 3.05) is 40.3 Å². The molecule has 0 spiro atoms. The summed E-state index contributed by atoms with van der Waals surface area (Å²) in [5.41, 5.74) is 1.51. The Hall–Kier alpha value is -1.40. The maximum atomic E-state index is 12.7. The lowest BCUT2D eigenvalue weighted by molar-refractivity contribution is 0.0767. The van der Waals surface area contributed by atoms with Crippen molar-refractivity contribution in [2.45, 2.75) is 20.4 Å². The average Bonchev–Trinajstić information content (AvgIpc) is 3.00. The predicted molar refractivity (Wildman–Crippen MR) is 81.2 cm³/mol. The van der Waals surface area contributed by atoms with E-state index in [-0.39, 0.29) is 18.4 Å². The number of amides is 1.